The van der Waals surface area contributed by atoms with Gasteiger partial charge in [-0.05, 0) is 74.4 Å². The smallest absolute Gasteiger partial charge is 0.220 e. The number of nitrogens with zero attached hydrogens (tertiary/aromatic N) is 2. The molecule has 2 aliphatic rings. The van der Waals surface area contributed by atoms with Gasteiger partial charge in [-0.2, -0.15) is 0 Å². The van der Waals surface area contributed by atoms with E-state index in [4.69, 9.17) is 0 Å². The van der Waals surface area contributed by atoms with Crippen LogP contribution in [0.25, 0.3) is 0 Å². The topological polar surface area (TPSA) is 35.6 Å². The molecule has 0 radical (unpaired) electrons. The fourth-order valence-corrected chi connectivity index (χ4v) is 4.28. The highest BCUT2D eigenvalue weighted by atomic mass is 16.1. The number of rotatable bonds is 8. The molecule has 154 valence electrons. The molecule has 4 rings (SSSR count). The van der Waals surface area contributed by atoms with E-state index in [2.05, 4.69) is 70.7 Å². The summed E-state index contributed by atoms with van der Waals surface area (Å²) in [5.74, 6) is 0.903. The van der Waals surface area contributed by atoms with Crippen LogP contribution in [0.2, 0.25) is 0 Å². The predicted molar refractivity (Wildman–Crippen MR) is 119 cm³/mol. The molecule has 0 aromatic heterocycles. The molecule has 1 saturated heterocycles. The van der Waals surface area contributed by atoms with Crippen molar-refractivity contribution in [3.05, 3.63) is 60.2 Å². The van der Waals surface area contributed by atoms with Crippen LogP contribution in [-0.4, -0.2) is 37.0 Å². The van der Waals surface area contributed by atoms with Crippen molar-refractivity contribution in [3.8, 4) is 0 Å². The van der Waals surface area contributed by atoms with Crippen molar-refractivity contribution in [3.63, 3.8) is 0 Å². The quantitative estimate of drug-likeness (QED) is 0.707. The molecule has 0 unspecified atom stereocenters. The number of hydrogen-bond donors (Lipinski definition) is 1. The van der Waals surface area contributed by atoms with Crippen LogP contribution in [0.3, 0.4) is 0 Å². The minimum Gasteiger partial charge on any atom is -0.353 e. The average Bonchev–Trinajstić information content (AvgIpc) is 3.57. The number of likely N-dealkylation sites (tertiary alicyclic amines) is 1. The molecule has 4 nitrogen and oxygen atoms in total. The summed E-state index contributed by atoms with van der Waals surface area (Å²) < 4.78 is 0. The Morgan fingerprint density at radius 2 is 1.76 bits per heavy atom. The third kappa shape index (κ3) is 5.83. The zero-order valence-corrected chi connectivity index (χ0v) is 17.5. The van der Waals surface area contributed by atoms with Gasteiger partial charge in [-0.25, -0.2) is 0 Å². The highest BCUT2D eigenvalue weighted by Crippen LogP contribution is 2.26. The number of benzene rings is 2. The molecule has 1 N–H and O–H groups in total. The number of carbonyl (C=O) groups is 1. The van der Waals surface area contributed by atoms with Crippen LogP contribution in [0.15, 0.2) is 54.6 Å². The molecule has 0 bridgehead atoms. The maximum Gasteiger partial charge on any atom is 0.220 e. The van der Waals surface area contributed by atoms with Crippen LogP contribution < -0.4 is 10.2 Å². The lowest BCUT2D eigenvalue weighted by atomic mass is 9.93. The van der Waals surface area contributed by atoms with Crippen molar-refractivity contribution >= 4 is 17.3 Å². The number of amides is 1. The zero-order chi connectivity index (χ0) is 20.1. The summed E-state index contributed by atoms with van der Waals surface area (Å²) in [6.07, 6.45) is 6.55. The average molecular weight is 392 g/mol. The van der Waals surface area contributed by atoms with Crippen molar-refractivity contribution in [2.24, 2.45) is 5.92 Å². The number of hydrogen-bond acceptors (Lipinski definition) is 3. The van der Waals surface area contributed by atoms with Gasteiger partial charge < -0.3 is 10.2 Å². The van der Waals surface area contributed by atoms with Gasteiger partial charge in [0.25, 0.3) is 0 Å². The number of anilines is 2. The van der Waals surface area contributed by atoms with Crippen molar-refractivity contribution in [2.75, 3.05) is 25.0 Å². The van der Waals surface area contributed by atoms with Crippen LogP contribution in [0.4, 0.5) is 11.4 Å². The normalized spacial score (nSPS) is 19.7. The summed E-state index contributed by atoms with van der Waals surface area (Å²) in [7, 11) is 2.11. The first-order chi connectivity index (χ1) is 14.2. The number of carbonyl (C=O) groups excluding carboxylic acids is 1. The van der Waals surface area contributed by atoms with Crippen molar-refractivity contribution in [1.82, 2.24) is 10.2 Å². The van der Waals surface area contributed by atoms with E-state index in [0.29, 0.717) is 18.4 Å². The second kappa shape index (κ2) is 9.45. The van der Waals surface area contributed by atoms with Crippen LogP contribution in [-0.2, 0) is 11.3 Å². The molecule has 29 heavy (non-hydrogen) atoms. The van der Waals surface area contributed by atoms with Gasteiger partial charge >= 0.3 is 0 Å². The van der Waals surface area contributed by atoms with Crippen molar-refractivity contribution in [1.29, 1.82) is 0 Å². The minimum absolute atomic E-state index is 0.253. The Kier molecular flexibility index (Phi) is 6.50. The molecule has 1 atom stereocenters. The van der Waals surface area contributed by atoms with Gasteiger partial charge in [-0.3, -0.25) is 9.69 Å². The number of nitrogens with one attached hydrogen (secondary N) is 1. The molecule has 0 spiro atoms. The second-order valence-corrected chi connectivity index (χ2v) is 8.68. The van der Waals surface area contributed by atoms with Gasteiger partial charge in [-0.15, -0.1) is 0 Å². The van der Waals surface area contributed by atoms with Crippen LogP contribution >= 0.6 is 0 Å². The van der Waals surface area contributed by atoms with Gasteiger partial charge in [0.05, 0.1) is 0 Å². The summed E-state index contributed by atoms with van der Waals surface area (Å²) in [6, 6.07) is 19.9. The lowest BCUT2D eigenvalue weighted by molar-refractivity contribution is -0.121. The Labute approximate surface area is 174 Å². The summed E-state index contributed by atoms with van der Waals surface area (Å²) in [6.45, 7) is 3.28. The standard InChI is InChI=1S/C25H33N3O/c1-27(23-7-3-2-4-8-23)24-14-9-21(10-15-24)19-28-17-5-6-20(18-28)11-16-25(29)26-22-12-13-22/h2-4,7-10,14-15,20,22H,5-6,11-13,16-19H2,1H3,(H,26,29)/t20-/m0/s1. The fourth-order valence-electron chi connectivity index (χ4n) is 4.28. The molecule has 4 heteroatoms. The molecule has 2 aromatic rings. The third-order valence-corrected chi connectivity index (χ3v) is 6.20. The molecule has 1 heterocycles. The van der Waals surface area contributed by atoms with E-state index < -0.39 is 0 Å². The first-order valence-electron chi connectivity index (χ1n) is 11.1. The minimum atomic E-state index is 0.253. The van der Waals surface area contributed by atoms with Gasteiger partial charge in [0, 0.05) is 44.0 Å². The zero-order valence-electron chi connectivity index (χ0n) is 17.5. The lowest BCUT2D eigenvalue weighted by Crippen LogP contribution is -2.35. The summed E-state index contributed by atoms with van der Waals surface area (Å²) in [5, 5.41) is 3.11. The fraction of sp³-hybridized carbons (Fsp3) is 0.480. The lowest BCUT2D eigenvalue weighted by Gasteiger charge is -2.33. The van der Waals surface area contributed by atoms with E-state index in [9.17, 15) is 4.79 Å². The second-order valence-electron chi connectivity index (χ2n) is 8.68. The largest absolute Gasteiger partial charge is 0.353 e. The molecule has 2 fully saturated rings. The summed E-state index contributed by atoms with van der Waals surface area (Å²) in [4.78, 5) is 16.7. The number of para-hydroxylation sites is 1. The van der Waals surface area contributed by atoms with E-state index in [1.54, 1.807) is 0 Å². The molecule has 2 aromatic carbocycles. The SMILES string of the molecule is CN(c1ccccc1)c1ccc(CN2CCC[C@@H](CCC(=O)NC3CC3)C2)cc1. The van der Waals surface area contributed by atoms with E-state index in [-0.39, 0.29) is 5.91 Å². The highest BCUT2D eigenvalue weighted by Gasteiger charge is 2.24. The van der Waals surface area contributed by atoms with Crippen LogP contribution in [0, 0.1) is 5.92 Å². The van der Waals surface area contributed by atoms with Gasteiger partial charge in [0.15, 0.2) is 0 Å². The number of piperidine rings is 1. The summed E-state index contributed by atoms with van der Waals surface area (Å²) >= 11 is 0. The Balaban J connectivity index is 1.26. The monoisotopic (exact) mass is 391 g/mol. The Morgan fingerprint density at radius 3 is 2.48 bits per heavy atom. The van der Waals surface area contributed by atoms with E-state index in [0.717, 1.165) is 26.1 Å². The molecule has 1 aliphatic carbocycles. The Morgan fingerprint density at radius 1 is 1.03 bits per heavy atom. The Hall–Kier alpha value is -2.33. The van der Waals surface area contributed by atoms with E-state index >= 15 is 0 Å². The molecule has 1 aliphatic heterocycles. The molecule has 1 amide bonds. The van der Waals surface area contributed by atoms with E-state index in [1.165, 1.54) is 42.6 Å². The molecule has 1 saturated carbocycles. The molecular weight excluding hydrogens is 358 g/mol. The van der Waals surface area contributed by atoms with Crippen LogP contribution in [0.5, 0.6) is 0 Å². The first kappa shape index (κ1) is 20.0. The first-order valence-corrected chi connectivity index (χ1v) is 11.1. The van der Waals surface area contributed by atoms with Crippen molar-refractivity contribution in [2.45, 2.75) is 51.1 Å². The van der Waals surface area contributed by atoms with Crippen molar-refractivity contribution < 1.29 is 4.79 Å². The van der Waals surface area contributed by atoms with E-state index in [1.807, 2.05) is 6.07 Å². The Bertz CT molecular complexity index is 785. The third-order valence-electron chi connectivity index (χ3n) is 6.20. The van der Waals surface area contributed by atoms with Gasteiger partial charge in [0.2, 0.25) is 5.91 Å². The molecular formula is C25H33N3O. The van der Waals surface area contributed by atoms with Gasteiger partial charge in [0.1, 0.15) is 0 Å². The van der Waals surface area contributed by atoms with Gasteiger partial charge in [-0.1, -0.05) is 30.3 Å². The summed E-state index contributed by atoms with van der Waals surface area (Å²) in [5.41, 5.74) is 3.77. The maximum atomic E-state index is 12.0. The maximum absolute atomic E-state index is 12.0. The predicted octanol–water partition coefficient (Wildman–Crippen LogP) is 4.73. The van der Waals surface area contributed by atoms with Crippen LogP contribution in [0.1, 0.15) is 44.1 Å². The highest BCUT2D eigenvalue weighted by molar-refractivity contribution is 5.76.